The molecule has 1 atom stereocenters. The third kappa shape index (κ3) is 4.44. The van der Waals surface area contributed by atoms with Crippen molar-refractivity contribution in [2.75, 3.05) is 13.1 Å². The number of halogens is 3. The van der Waals surface area contributed by atoms with E-state index in [9.17, 15) is 18.0 Å². The van der Waals surface area contributed by atoms with Crippen molar-refractivity contribution in [2.45, 2.75) is 25.4 Å². The molecule has 30 heavy (non-hydrogen) atoms. The predicted octanol–water partition coefficient (Wildman–Crippen LogP) is 3.04. The van der Waals surface area contributed by atoms with E-state index in [1.165, 1.54) is 12.4 Å². The van der Waals surface area contributed by atoms with Crippen molar-refractivity contribution < 1.29 is 22.5 Å². The molecule has 1 unspecified atom stereocenters. The van der Waals surface area contributed by atoms with E-state index < -0.39 is 11.9 Å². The summed E-state index contributed by atoms with van der Waals surface area (Å²) in [4.78, 5) is 30.1. The van der Waals surface area contributed by atoms with Gasteiger partial charge < -0.3 is 9.42 Å². The largest absolute Gasteiger partial charge is 0.433 e. The fourth-order valence-electron chi connectivity index (χ4n) is 3.39. The highest BCUT2D eigenvalue weighted by molar-refractivity contribution is 5.94. The zero-order valence-corrected chi connectivity index (χ0v) is 15.7. The summed E-state index contributed by atoms with van der Waals surface area (Å²) in [6.45, 7) is 0.980. The van der Waals surface area contributed by atoms with Gasteiger partial charge in [0.25, 0.3) is 5.91 Å². The molecule has 3 aromatic heterocycles. The fourth-order valence-corrected chi connectivity index (χ4v) is 3.39. The number of carbonyl (C=O) groups excluding carboxylic acids is 1. The maximum atomic E-state index is 12.7. The Hall–Kier alpha value is -3.37. The number of aromatic nitrogens is 5. The lowest BCUT2D eigenvalue weighted by atomic mass is 9.94. The number of hydrogen-bond acceptors (Lipinski definition) is 7. The van der Waals surface area contributed by atoms with Gasteiger partial charge in [0, 0.05) is 38.1 Å². The molecular weight excluding hydrogens is 401 g/mol. The molecule has 156 valence electrons. The Labute approximate surface area is 169 Å². The standard InChI is InChI=1S/C19H17F3N6O2/c20-19(21,22)15-4-3-13(9-25-15)18(29)28-7-1-2-12(11-28)8-16-26-17(27-30-16)14-10-23-5-6-24-14/h3-6,9-10,12H,1-2,7-8,11H2. The topological polar surface area (TPSA) is 97.9 Å². The zero-order valence-electron chi connectivity index (χ0n) is 15.7. The number of rotatable bonds is 4. The lowest BCUT2D eigenvalue weighted by Gasteiger charge is -2.32. The number of carbonyl (C=O) groups is 1. The van der Waals surface area contributed by atoms with Crippen LogP contribution in [0.15, 0.2) is 41.4 Å². The van der Waals surface area contributed by atoms with Crippen LogP contribution in [0.3, 0.4) is 0 Å². The average molecular weight is 418 g/mol. The van der Waals surface area contributed by atoms with Gasteiger partial charge in [0.15, 0.2) is 0 Å². The Morgan fingerprint density at radius 2 is 2.07 bits per heavy atom. The van der Waals surface area contributed by atoms with E-state index in [1.54, 1.807) is 11.1 Å². The van der Waals surface area contributed by atoms with Crippen molar-refractivity contribution in [3.8, 4) is 11.5 Å². The highest BCUT2D eigenvalue weighted by atomic mass is 19.4. The van der Waals surface area contributed by atoms with Crippen LogP contribution < -0.4 is 0 Å². The number of hydrogen-bond donors (Lipinski definition) is 0. The molecule has 0 radical (unpaired) electrons. The molecule has 0 aliphatic carbocycles. The van der Waals surface area contributed by atoms with Crippen LogP contribution in [0.5, 0.6) is 0 Å². The second-order valence-corrected chi connectivity index (χ2v) is 7.00. The Balaban J connectivity index is 1.40. The molecule has 11 heteroatoms. The van der Waals surface area contributed by atoms with Crippen molar-refractivity contribution in [3.05, 3.63) is 54.1 Å². The molecule has 1 aliphatic heterocycles. The van der Waals surface area contributed by atoms with Gasteiger partial charge in [0.1, 0.15) is 11.4 Å². The van der Waals surface area contributed by atoms with E-state index in [2.05, 4.69) is 25.1 Å². The molecule has 0 spiro atoms. The van der Waals surface area contributed by atoms with Gasteiger partial charge >= 0.3 is 6.18 Å². The van der Waals surface area contributed by atoms with Crippen molar-refractivity contribution in [1.29, 1.82) is 0 Å². The van der Waals surface area contributed by atoms with Gasteiger partial charge in [0.05, 0.1) is 11.8 Å². The Morgan fingerprint density at radius 3 is 2.77 bits per heavy atom. The smallest absolute Gasteiger partial charge is 0.339 e. The van der Waals surface area contributed by atoms with Crippen LogP contribution in [0.1, 0.15) is 34.8 Å². The Bertz CT molecular complexity index is 1010. The van der Waals surface area contributed by atoms with Crippen molar-refractivity contribution in [2.24, 2.45) is 5.92 Å². The molecule has 0 saturated carbocycles. The normalized spacial score (nSPS) is 17.2. The summed E-state index contributed by atoms with van der Waals surface area (Å²) in [6, 6.07) is 1.98. The third-order valence-electron chi connectivity index (χ3n) is 4.83. The van der Waals surface area contributed by atoms with Gasteiger partial charge in [-0.3, -0.25) is 14.8 Å². The van der Waals surface area contributed by atoms with Gasteiger partial charge in [-0.25, -0.2) is 4.98 Å². The van der Waals surface area contributed by atoms with E-state index >= 15 is 0 Å². The highest BCUT2D eigenvalue weighted by Gasteiger charge is 2.33. The molecule has 0 bridgehead atoms. The first-order valence-corrected chi connectivity index (χ1v) is 9.31. The quantitative estimate of drug-likeness (QED) is 0.642. The zero-order chi connectivity index (χ0) is 21.1. The third-order valence-corrected chi connectivity index (χ3v) is 4.83. The van der Waals surface area contributed by atoms with Crippen LogP contribution in [0, 0.1) is 5.92 Å². The van der Waals surface area contributed by atoms with Crippen molar-refractivity contribution >= 4 is 5.91 Å². The lowest BCUT2D eigenvalue weighted by Crippen LogP contribution is -2.40. The molecule has 0 aromatic carbocycles. The summed E-state index contributed by atoms with van der Waals surface area (Å²) in [7, 11) is 0. The summed E-state index contributed by atoms with van der Waals surface area (Å²) < 4.78 is 43.3. The van der Waals surface area contributed by atoms with Crippen LogP contribution in [-0.2, 0) is 12.6 Å². The predicted molar refractivity (Wildman–Crippen MR) is 96.9 cm³/mol. The highest BCUT2D eigenvalue weighted by Crippen LogP contribution is 2.28. The van der Waals surface area contributed by atoms with Crippen LogP contribution in [0.4, 0.5) is 13.2 Å². The Morgan fingerprint density at radius 1 is 1.20 bits per heavy atom. The van der Waals surface area contributed by atoms with E-state index in [-0.39, 0.29) is 17.4 Å². The fraction of sp³-hybridized carbons (Fsp3) is 0.368. The average Bonchev–Trinajstić information content (AvgIpc) is 3.22. The van der Waals surface area contributed by atoms with Gasteiger partial charge in [-0.15, -0.1) is 0 Å². The SMILES string of the molecule is O=C(c1ccc(C(F)(F)F)nc1)N1CCCC(Cc2nc(-c3cnccn3)no2)C1. The van der Waals surface area contributed by atoms with Gasteiger partial charge in [-0.1, -0.05) is 5.16 Å². The van der Waals surface area contributed by atoms with Crippen molar-refractivity contribution in [3.63, 3.8) is 0 Å². The maximum absolute atomic E-state index is 12.7. The first kappa shape index (κ1) is 19.9. The molecule has 1 saturated heterocycles. The summed E-state index contributed by atoms with van der Waals surface area (Å²) in [5.41, 5.74) is -0.389. The number of nitrogens with zero attached hydrogens (tertiary/aromatic N) is 6. The minimum absolute atomic E-state index is 0.0975. The monoisotopic (exact) mass is 418 g/mol. The van der Waals surface area contributed by atoms with Crippen LogP contribution >= 0.6 is 0 Å². The molecule has 3 aromatic rings. The summed E-state index contributed by atoms with van der Waals surface area (Å²) in [5.74, 6) is 0.538. The lowest BCUT2D eigenvalue weighted by molar-refractivity contribution is -0.141. The summed E-state index contributed by atoms with van der Waals surface area (Å²) in [6.07, 6.45) is 3.19. The molecular formula is C19H17F3N6O2. The van der Waals surface area contributed by atoms with Gasteiger partial charge in [-0.05, 0) is 30.9 Å². The maximum Gasteiger partial charge on any atom is 0.433 e. The van der Waals surface area contributed by atoms with E-state index in [0.29, 0.717) is 36.9 Å². The second kappa shape index (κ2) is 8.17. The molecule has 4 rings (SSSR count). The van der Waals surface area contributed by atoms with Crippen LogP contribution in [-0.4, -0.2) is 49.0 Å². The number of piperidine rings is 1. The number of likely N-dealkylation sites (tertiary alicyclic amines) is 1. The van der Waals surface area contributed by atoms with Crippen LogP contribution in [0.2, 0.25) is 0 Å². The molecule has 8 nitrogen and oxygen atoms in total. The minimum Gasteiger partial charge on any atom is -0.339 e. The first-order valence-electron chi connectivity index (χ1n) is 9.31. The van der Waals surface area contributed by atoms with E-state index in [4.69, 9.17) is 4.52 Å². The van der Waals surface area contributed by atoms with E-state index in [1.807, 2.05) is 0 Å². The number of amides is 1. The van der Waals surface area contributed by atoms with Gasteiger partial charge in [0.2, 0.25) is 11.7 Å². The number of pyridine rings is 1. The molecule has 1 aliphatic rings. The molecule has 0 N–H and O–H groups in total. The first-order chi connectivity index (χ1) is 14.4. The van der Waals surface area contributed by atoms with E-state index in [0.717, 1.165) is 31.2 Å². The molecule has 1 amide bonds. The van der Waals surface area contributed by atoms with Crippen molar-refractivity contribution in [1.82, 2.24) is 30.0 Å². The summed E-state index contributed by atoms with van der Waals surface area (Å²) >= 11 is 0. The molecule has 1 fully saturated rings. The molecule has 4 heterocycles. The second-order valence-electron chi connectivity index (χ2n) is 7.00. The summed E-state index contributed by atoms with van der Waals surface area (Å²) in [5, 5.41) is 3.91. The van der Waals surface area contributed by atoms with Gasteiger partial charge in [-0.2, -0.15) is 18.2 Å². The Kier molecular flexibility index (Phi) is 5.42. The minimum atomic E-state index is -4.54. The van der Waals surface area contributed by atoms with Crippen LogP contribution in [0.25, 0.3) is 11.5 Å². The number of alkyl halides is 3.